The minimum absolute atomic E-state index is 0.102. The third-order valence-electron chi connectivity index (χ3n) is 3.84. The quantitative estimate of drug-likeness (QED) is 0.808. The lowest BCUT2D eigenvalue weighted by Gasteiger charge is -2.16. The lowest BCUT2D eigenvalue weighted by atomic mass is 10.1. The molecule has 0 atom stereocenters. The van der Waals surface area contributed by atoms with Crippen molar-refractivity contribution in [2.24, 2.45) is 0 Å². The van der Waals surface area contributed by atoms with Crippen molar-refractivity contribution in [1.82, 2.24) is 4.31 Å². The van der Waals surface area contributed by atoms with Gasteiger partial charge in [0.2, 0.25) is 10.0 Å². The molecule has 8 heteroatoms. The van der Waals surface area contributed by atoms with Crippen LogP contribution in [0.2, 0.25) is 0 Å². The van der Waals surface area contributed by atoms with Crippen molar-refractivity contribution in [3.63, 3.8) is 0 Å². The zero-order valence-corrected chi connectivity index (χ0v) is 16.3. The number of sulfonamides is 1. The normalized spacial score (nSPS) is 11.6. The van der Waals surface area contributed by atoms with Gasteiger partial charge in [0.1, 0.15) is 0 Å². The SMILES string of the molecule is CC(=O)c1ccc(C(=O)Nc2cc(S(=O)(=O)N(C)C)cc(C)c2C)s1. The van der Waals surface area contributed by atoms with Gasteiger partial charge in [0.15, 0.2) is 5.78 Å². The molecule has 0 unspecified atom stereocenters. The van der Waals surface area contributed by atoms with Crippen LogP contribution in [0.1, 0.15) is 37.4 Å². The topological polar surface area (TPSA) is 83.5 Å². The van der Waals surface area contributed by atoms with E-state index in [9.17, 15) is 18.0 Å². The Morgan fingerprint density at radius 1 is 1.08 bits per heavy atom. The number of nitrogens with one attached hydrogen (secondary N) is 1. The first kappa shape index (κ1) is 19.3. The van der Waals surface area contributed by atoms with E-state index in [4.69, 9.17) is 0 Å². The van der Waals surface area contributed by atoms with E-state index in [-0.39, 0.29) is 16.6 Å². The number of anilines is 1. The van der Waals surface area contributed by atoms with Crippen molar-refractivity contribution in [2.75, 3.05) is 19.4 Å². The summed E-state index contributed by atoms with van der Waals surface area (Å²) in [7, 11) is -0.694. The zero-order valence-electron chi connectivity index (χ0n) is 14.7. The number of carbonyl (C=O) groups excluding carboxylic acids is 2. The first-order valence-corrected chi connectivity index (χ1v) is 9.75. The van der Waals surface area contributed by atoms with Gasteiger partial charge in [-0.15, -0.1) is 11.3 Å². The highest BCUT2D eigenvalue weighted by Gasteiger charge is 2.21. The van der Waals surface area contributed by atoms with Gasteiger partial charge in [-0.25, -0.2) is 12.7 Å². The van der Waals surface area contributed by atoms with E-state index in [1.807, 2.05) is 6.92 Å². The molecule has 0 radical (unpaired) electrons. The lowest BCUT2D eigenvalue weighted by molar-refractivity contribution is 0.101. The van der Waals surface area contributed by atoms with Crippen molar-refractivity contribution in [1.29, 1.82) is 0 Å². The minimum Gasteiger partial charge on any atom is -0.321 e. The smallest absolute Gasteiger partial charge is 0.265 e. The Hall–Kier alpha value is -2.03. The molecular weight excluding hydrogens is 360 g/mol. The first-order valence-electron chi connectivity index (χ1n) is 7.50. The molecule has 0 fully saturated rings. The summed E-state index contributed by atoms with van der Waals surface area (Å²) in [5.41, 5.74) is 1.98. The van der Waals surface area contributed by atoms with Crippen LogP contribution in [-0.4, -0.2) is 38.5 Å². The van der Waals surface area contributed by atoms with Crippen molar-refractivity contribution >= 4 is 38.7 Å². The number of aryl methyl sites for hydroxylation is 1. The lowest BCUT2D eigenvalue weighted by Crippen LogP contribution is -2.23. The van der Waals surface area contributed by atoms with Crippen LogP contribution in [-0.2, 0) is 10.0 Å². The van der Waals surface area contributed by atoms with Crippen LogP contribution in [0, 0.1) is 13.8 Å². The highest BCUT2D eigenvalue weighted by molar-refractivity contribution is 7.89. The highest BCUT2D eigenvalue weighted by atomic mass is 32.2. The molecule has 0 bridgehead atoms. The average molecular weight is 380 g/mol. The Labute approximate surface area is 151 Å². The van der Waals surface area contributed by atoms with Crippen molar-refractivity contribution < 1.29 is 18.0 Å². The summed E-state index contributed by atoms with van der Waals surface area (Å²) >= 11 is 1.10. The summed E-state index contributed by atoms with van der Waals surface area (Å²) in [6.07, 6.45) is 0. The van der Waals surface area contributed by atoms with Gasteiger partial charge in [-0.2, -0.15) is 0 Å². The number of hydrogen-bond donors (Lipinski definition) is 1. The van der Waals surface area contributed by atoms with E-state index in [0.29, 0.717) is 15.4 Å². The number of carbonyl (C=O) groups is 2. The van der Waals surface area contributed by atoms with Crippen LogP contribution in [0.4, 0.5) is 5.69 Å². The maximum atomic E-state index is 12.4. The predicted octanol–water partition coefficient (Wildman–Crippen LogP) is 3.07. The molecule has 0 spiro atoms. The molecule has 1 heterocycles. The average Bonchev–Trinajstić information content (AvgIpc) is 3.01. The Bertz CT molecular complexity index is 944. The van der Waals surface area contributed by atoms with Gasteiger partial charge in [0.05, 0.1) is 14.6 Å². The number of benzene rings is 1. The largest absolute Gasteiger partial charge is 0.321 e. The Balaban J connectivity index is 2.40. The van der Waals surface area contributed by atoms with Crippen molar-refractivity contribution in [3.05, 3.63) is 45.1 Å². The third-order valence-corrected chi connectivity index (χ3v) is 6.82. The van der Waals surface area contributed by atoms with Crippen LogP contribution < -0.4 is 5.32 Å². The van der Waals surface area contributed by atoms with E-state index in [1.165, 1.54) is 27.1 Å². The van der Waals surface area contributed by atoms with Crippen molar-refractivity contribution in [2.45, 2.75) is 25.7 Å². The molecule has 0 saturated heterocycles. The number of thiophene rings is 1. The zero-order chi connectivity index (χ0) is 18.9. The number of rotatable bonds is 5. The van der Waals surface area contributed by atoms with E-state index >= 15 is 0 Å². The number of amides is 1. The molecule has 1 amide bonds. The fourth-order valence-electron chi connectivity index (χ4n) is 2.15. The maximum Gasteiger partial charge on any atom is 0.265 e. The van der Waals surface area contributed by atoms with Crippen molar-refractivity contribution in [3.8, 4) is 0 Å². The van der Waals surface area contributed by atoms with Crippen LogP contribution in [0.3, 0.4) is 0 Å². The first-order chi connectivity index (χ1) is 11.5. The summed E-state index contributed by atoms with van der Waals surface area (Å²) < 4.78 is 25.8. The third kappa shape index (κ3) is 3.97. The molecule has 2 rings (SSSR count). The Morgan fingerprint density at radius 3 is 2.20 bits per heavy atom. The molecule has 0 aliphatic heterocycles. The van der Waals surface area contributed by atoms with Gasteiger partial charge in [-0.3, -0.25) is 9.59 Å². The molecular formula is C17H20N2O4S2. The van der Waals surface area contributed by atoms with E-state index in [2.05, 4.69) is 5.32 Å². The highest BCUT2D eigenvalue weighted by Crippen LogP contribution is 2.27. The van der Waals surface area contributed by atoms with E-state index in [0.717, 1.165) is 26.8 Å². The molecule has 1 aromatic carbocycles. The van der Waals surface area contributed by atoms with Gasteiger partial charge in [0, 0.05) is 19.8 Å². The van der Waals surface area contributed by atoms with Gasteiger partial charge in [0.25, 0.3) is 5.91 Å². The van der Waals surface area contributed by atoms with Crippen LogP contribution in [0.15, 0.2) is 29.2 Å². The standard InChI is InChI=1S/C17H20N2O4S2/c1-10-8-13(25(22,23)19(4)5)9-14(11(10)2)18-17(21)16-7-6-15(24-16)12(3)20/h6-9H,1-5H3,(H,18,21). The fraction of sp³-hybridized carbons (Fsp3) is 0.294. The van der Waals surface area contributed by atoms with Gasteiger partial charge in [-0.05, 0) is 56.2 Å². The molecule has 2 aromatic rings. The summed E-state index contributed by atoms with van der Waals surface area (Å²) in [6.45, 7) is 5.04. The van der Waals surface area contributed by atoms with Gasteiger partial charge < -0.3 is 5.32 Å². The summed E-state index contributed by atoms with van der Waals surface area (Å²) in [5, 5.41) is 2.75. The molecule has 1 N–H and O–H groups in total. The Morgan fingerprint density at radius 2 is 1.68 bits per heavy atom. The summed E-state index contributed by atoms with van der Waals surface area (Å²) in [5.74, 6) is -0.477. The molecule has 1 aromatic heterocycles. The Kier molecular flexibility index (Phi) is 5.46. The predicted molar refractivity (Wildman–Crippen MR) is 99.1 cm³/mol. The number of hydrogen-bond acceptors (Lipinski definition) is 5. The molecule has 6 nitrogen and oxygen atoms in total. The summed E-state index contributed by atoms with van der Waals surface area (Å²) in [4.78, 5) is 24.8. The molecule has 25 heavy (non-hydrogen) atoms. The minimum atomic E-state index is -3.61. The second kappa shape index (κ2) is 7.07. The number of nitrogens with zero attached hydrogens (tertiary/aromatic N) is 1. The second-order valence-corrected chi connectivity index (χ2v) is 9.11. The summed E-state index contributed by atoms with van der Waals surface area (Å²) in [6, 6.07) is 6.22. The van der Waals surface area contributed by atoms with Gasteiger partial charge in [-0.1, -0.05) is 0 Å². The molecule has 0 saturated carbocycles. The van der Waals surface area contributed by atoms with Gasteiger partial charge >= 0.3 is 0 Å². The van der Waals surface area contributed by atoms with E-state index < -0.39 is 10.0 Å². The fourth-order valence-corrected chi connectivity index (χ4v) is 3.96. The molecule has 0 aliphatic rings. The number of ketones is 1. The maximum absolute atomic E-state index is 12.4. The molecule has 0 aliphatic carbocycles. The van der Waals surface area contributed by atoms with E-state index in [1.54, 1.807) is 25.1 Å². The molecule has 134 valence electrons. The van der Waals surface area contributed by atoms with Crippen LogP contribution >= 0.6 is 11.3 Å². The number of Topliss-reactive ketones (excluding diaryl/α,β-unsaturated/α-hetero) is 1. The second-order valence-electron chi connectivity index (χ2n) is 5.87. The monoisotopic (exact) mass is 380 g/mol. The van der Waals surface area contributed by atoms with Crippen LogP contribution in [0.5, 0.6) is 0 Å². The van der Waals surface area contributed by atoms with Crippen LogP contribution in [0.25, 0.3) is 0 Å².